The normalized spacial score (nSPS) is 17.4. The number of carbonyl (C=O) groups excluding carboxylic acids is 1. The van der Waals surface area contributed by atoms with Gasteiger partial charge in [-0.25, -0.2) is 0 Å². The summed E-state index contributed by atoms with van der Waals surface area (Å²) in [6.07, 6.45) is 3.29. The van der Waals surface area contributed by atoms with Crippen molar-refractivity contribution >= 4 is 5.91 Å². The largest absolute Gasteiger partial charge is 0.359 e. The first-order chi connectivity index (χ1) is 11.7. The van der Waals surface area contributed by atoms with Gasteiger partial charge in [-0.2, -0.15) is 0 Å². The SMILES string of the molecule is Cc1cc(C2CCCN2C(=O)c2cnoc2-c2ccccc2)on1. The predicted octanol–water partition coefficient (Wildman–Crippen LogP) is 3.62. The zero-order valence-electron chi connectivity index (χ0n) is 13.3. The quantitative estimate of drug-likeness (QED) is 0.736. The fourth-order valence-electron chi connectivity index (χ4n) is 3.19. The number of aromatic nitrogens is 2. The molecule has 1 unspecified atom stereocenters. The second-order valence-electron chi connectivity index (χ2n) is 5.96. The lowest BCUT2D eigenvalue weighted by molar-refractivity contribution is 0.0715. The van der Waals surface area contributed by atoms with E-state index in [4.69, 9.17) is 9.05 Å². The topological polar surface area (TPSA) is 72.4 Å². The Balaban J connectivity index is 1.66. The van der Waals surface area contributed by atoms with Crippen molar-refractivity contribution in [3.63, 3.8) is 0 Å². The van der Waals surface area contributed by atoms with E-state index in [-0.39, 0.29) is 11.9 Å². The molecule has 24 heavy (non-hydrogen) atoms. The number of nitrogens with zero attached hydrogens (tertiary/aromatic N) is 3. The summed E-state index contributed by atoms with van der Waals surface area (Å²) in [5, 5.41) is 7.77. The van der Waals surface area contributed by atoms with Crippen LogP contribution < -0.4 is 0 Å². The highest BCUT2D eigenvalue weighted by Gasteiger charge is 2.35. The molecule has 6 heteroatoms. The van der Waals surface area contributed by atoms with Gasteiger partial charge in [0.05, 0.1) is 17.9 Å². The first-order valence-corrected chi connectivity index (χ1v) is 7.98. The highest BCUT2D eigenvalue weighted by atomic mass is 16.5. The van der Waals surface area contributed by atoms with Crippen LogP contribution in [0, 0.1) is 6.92 Å². The third-order valence-electron chi connectivity index (χ3n) is 4.33. The molecule has 1 aromatic carbocycles. The van der Waals surface area contributed by atoms with Gasteiger partial charge in [0.25, 0.3) is 5.91 Å². The van der Waals surface area contributed by atoms with Crippen molar-refractivity contribution in [2.24, 2.45) is 0 Å². The van der Waals surface area contributed by atoms with Crippen molar-refractivity contribution in [2.75, 3.05) is 6.54 Å². The molecule has 2 aromatic heterocycles. The van der Waals surface area contributed by atoms with Crippen LogP contribution in [-0.4, -0.2) is 27.7 Å². The van der Waals surface area contributed by atoms with Gasteiger partial charge in [-0.1, -0.05) is 40.6 Å². The van der Waals surface area contributed by atoms with Crippen molar-refractivity contribution < 1.29 is 13.8 Å². The predicted molar refractivity (Wildman–Crippen MR) is 86.2 cm³/mol. The van der Waals surface area contributed by atoms with Crippen molar-refractivity contribution in [2.45, 2.75) is 25.8 Å². The summed E-state index contributed by atoms with van der Waals surface area (Å²) in [4.78, 5) is 14.9. The van der Waals surface area contributed by atoms with E-state index in [1.807, 2.05) is 48.2 Å². The highest BCUT2D eigenvalue weighted by molar-refractivity contribution is 5.99. The number of aryl methyl sites for hydroxylation is 1. The van der Waals surface area contributed by atoms with Gasteiger partial charge in [0, 0.05) is 18.2 Å². The molecule has 6 nitrogen and oxygen atoms in total. The van der Waals surface area contributed by atoms with E-state index >= 15 is 0 Å². The molecule has 3 aromatic rings. The molecule has 1 amide bonds. The lowest BCUT2D eigenvalue weighted by Crippen LogP contribution is -2.30. The fourth-order valence-corrected chi connectivity index (χ4v) is 3.19. The van der Waals surface area contributed by atoms with E-state index < -0.39 is 0 Å². The standard InChI is InChI=1S/C18H17N3O3/c1-12-10-16(23-20-12)15-8-5-9-21(15)18(22)14-11-19-24-17(14)13-6-3-2-4-7-13/h2-4,6-7,10-11,15H,5,8-9H2,1H3. The molecule has 3 heterocycles. The van der Waals surface area contributed by atoms with Gasteiger partial charge >= 0.3 is 0 Å². The summed E-state index contributed by atoms with van der Waals surface area (Å²) in [6, 6.07) is 11.3. The molecule has 122 valence electrons. The maximum Gasteiger partial charge on any atom is 0.260 e. The first-order valence-electron chi connectivity index (χ1n) is 7.98. The average Bonchev–Trinajstić information content (AvgIpc) is 3.34. The Labute approximate surface area is 139 Å². The molecule has 1 atom stereocenters. The molecule has 0 spiro atoms. The number of amides is 1. The number of carbonyl (C=O) groups is 1. The van der Waals surface area contributed by atoms with Gasteiger partial charge < -0.3 is 13.9 Å². The molecule has 1 saturated heterocycles. The van der Waals surface area contributed by atoms with E-state index in [9.17, 15) is 4.79 Å². The Morgan fingerprint density at radius 1 is 1.25 bits per heavy atom. The van der Waals surface area contributed by atoms with Crippen LogP contribution in [0.15, 0.2) is 51.6 Å². The van der Waals surface area contributed by atoms with Gasteiger partial charge in [-0.15, -0.1) is 0 Å². The first kappa shape index (κ1) is 14.7. The smallest absolute Gasteiger partial charge is 0.260 e. The molecule has 0 N–H and O–H groups in total. The van der Waals surface area contributed by atoms with E-state index in [0.29, 0.717) is 17.9 Å². The molecule has 1 aliphatic rings. The van der Waals surface area contributed by atoms with Crippen LogP contribution in [0.2, 0.25) is 0 Å². The summed E-state index contributed by atoms with van der Waals surface area (Å²) < 4.78 is 10.7. The molecule has 0 saturated carbocycles. The van der Waals surface area contributed by atoms with Crippen LogP contribution in [0.4, 0.5) is 0 Å². The van der Waals surface area contributed by atoms with Gasteiger partial charge in [-0.05, 0) is 19.8 Å². The zero-order chi connectivity index (χ0) is 16.5. The van der Waals surface area contributed by atoms with Gasteiger partial charge in [0.1, 0.15) is 5.56 Å². The summed E-state index contributed by atoms with van der Waals surface area (Å²) in [7, 11) is 0. The van der Waals surface area contributed by atoms with Crippen LogP contribution in [0.1, 0.15) is 40.7 Å². The van der Waals surface area contributed by atoms with Crippen LogP contribution in [0.5, 0.6) is 0 Å². The van der Waals surface area contributed by atoms with E-state index in [1.54, 1.807) is 0 Å². The summed E-state index contributed by atoms with van der Waals surface area (Å²) in [5.41, 5.74) is 2.13. The third kappa shape index (κ3) is 2.50. The van der Waals surface area contributed by atoms with Crippen molar-refractivity contribution in [3.05, 3.63) is 59.6 Å². The van der Waals surface area contributed by atoms with Crippen LogP contribution in [-0.2, 0) is 0 Å². The monoisotopic (exact) mass is 323 g/mol. The molecule has 0 aliphatic carbocycles. The van der Waals surface area contributed by atoms with Gasteiger partial charge in [0.15, 0.2) is 11.5 Å². The van der Waals surface area contributed by atoms with Crippen molar-refractivity contribution in [3.8, 4) is 11.3 Å². The minimum absolute atomic E-state index is 0.0859. The molecule has 0 bridgehead atoms. The van der Waals surface area contributed by atoms with E-state index in [1.165, 1.54) is 6.20 Å². The second kappa shape index (κ2) is 5.96. The molecule has 0 radical (unpaired) electrons. The highest BCUT2D eigenvalue weighted by Crippen LogP contribution is 2.35. The van der Waals surface area contributed by atoms with Crippen LogP contribution in [0.25, 0.3) is 11.3 Å². The summed E-state index contributed by atoms with van der Waals surface area (Å²) in [5.74, 6) is 1.14. The lowest BCUT2D eigenvalue weighted by Gasteiger charge is -2.22. The Morgan fingerprint density at radius 2 is 2.08 bits per heavy atom. The van der Waals surface area contributed by atoms with E-state index in [0.717, 1.165) is 29.9 Å². The number of hydrogen-bond donors (Lipinski definition) is 0. The molecular formula is C18H17N3O3. The Bertz CT molecular complexity index is 853. The Kier molecular flexibility index (Phi) is 3.65. The van der Waals surface area contributed by atoms with Crippen LogP contribution in [0.3, 0.4) is 0 Å². The molecule has 4 rings (SSSR count). The van der Waals surface area contributed by atoms with Gasteiger partial charge in [0.2, 0.25) is 0 Å². The molecule has 1 fully saturated rings. The summed E-state index contributed by atoms with van der Waals surface area (Å²) >= 11 is 0. The maximum atomic E-state index is 13.1. The number of hydrogen-bond acceptors (Lipinski definition) is 5. The molecular weight excluding hydrogens is 306 g/mol. The number of benzene rings is 1. The van der Waals surface area contributed by atoms with Crippen molar-refractivity contribution in [1.82, 2.24) is 15.2 Å². The van der Waals surface area contributed by atoms with Crippen LogP contribution >= 0.6 is 0 Å². The zero-order valence-corrected chi connectivity index (χ0v) is 13.3. The third-order valence-corrected chi connectivity index (χ3v) is 4.33. The Morgan fingerprint density at radius 3 is 2.83 bits per heavy atom. The molecule has 1 aliphatic heterocycles. The Hall–Kier alpha value is -2.89. The van der Waals surface area contributed by atoms with E-state index in [2.05, 4.69) is 10.3 Å². The average molecular weight is 323 g/mol. The minimum atomic E-state index is -0.0911. The second-order valence-corrected chi connectivity index (χ2v) is 5.96. The van der Waals surface area contributed by atoms with Gasteiger partial charge in [-0.3, -0.25) is 4.79 Å². The number of rotatable bonds is 3. The summed E-state index contributed by atoms with van der Waals surface area (Å²) in [6.45, 7) is 2.56. The van der Waals surface area contributed by atoms with Crippen molar-refractivity contribution in [1.29, 1.82) is 0 Å². The lowest BCUT2D eigenvalue weighted by atomic mass is 10.1. The fraction of sp³-hybridized carbons (Fsp3) is 0.278. The maximum absolute atomic E-state index is 13.1. The number of likely N-dealkylation sites (tertiary alicyclic amines) is 1. The minimum Gasteiger partial charge on any atom is -0.359 e.